The summed E-state index contributed by atoms with van der Waals surface area (Å²) in [6.45, 7) is 3.12. The van der Waals surface area contributed by atoms with Crippen LogP contribution in [0.4, 0.5) is 0 Å². The van der Waals surface area contributed by atoms with Crippen LogP contribution in [0.5, 0.6) is 0 Å². The third-order valence-electron chi connectivity index (χ3n) is 0. The van der Waals surface area contributed by atoms with Crippen LogP contribution >= 0.6 is 6.60 Å². The first-order valence-corrected chi connectivity index (χ1v) is 8.10. The molecule has 0 amide bonds. The van der Waals surface area contributed by atoms with E-state index >= 15 is 0 Å². The van der Waals surface area contributed by atoms with Crippen LogP contribution in [0.3, 0.4) is 0 Å². The van der Waals surface area contributed by atoms with Crippen molar-refractivity contribution in [3.8, 4) is 0 Å². The van der Waals surface area contributed by atoms with Crippen LogP contribution in [0.1, 0.15) is 0 Å². The van der Waals surface area contributed by atoms with Gasteiger partial charge in [-0.25, -0.2) is 0 Å². The average Bonchev–Trinajstić information content (AvgIpc) is 1.00. The maximum atomic E-state index is 3.12. The van der Waals surface area contributed by atoms with Crippen molar-refractivity contribution in [1.82, 2.24) is 0 Å². The van der Waals surface area contributed by atoms with Crippen LogP contribution in [0.2, 0.25) is 0 Å². The van der Waals surface area contributed by atoms with Crippen molar-refractivity contribution in [3.63, 3.8) is 0 Å². The maximum absolute atomic E-state index is 3.12. The predicted octanol–water partition coefficient (Wildman–Crippen LogP) is -3.66. The SMILES string of the molecule is O.O.O.O.O.[K][Br]. The molecule has 0 aromatic heterocycles. The molecule has 0 aliphatic rings. The van der Waals surface area contributed by atoms with Crippen LogP contribution in [-0.2, 0) is 0 Å². The van der Waals surface area contributed by atoms with E-state index in [1.54, 1.807) is 0 Å². The van der Waals surface area contributed by atoms with E-state index in [4.69, 9.17) is 0 Å². The Kier molecular flexibility index (Phi) is 968. The Hall–Kier alpha value is 1.92. The quantitative estimate of drug-likeness (QED) is 0.360. The van der Waals surface area contributed by atoms with Gasteiger partial charge < -0.3 is 27.4 Å². The Morgan fingerprint density at radius 3 is 0.571 bits per heavy atom. The molecule has 0 radical (unpaired) electrons. The minimum atomic E-state index is 0. The van der Waals surface area contributed by atoms with Gasteiger partial charge in [-0.05, 0) is 0 Å². The van der Waals surface area contributed by atoms with Crippen LogP contribution in [0.15, 0.2) is 0 Å². The predicted molar refractivity (Wildman–Crippen MR) is 32.7 cm³/mol. The molecule has 0 aliphatic heterocycles. The van der Waals surface area contributed by atoms with E-state index in [0.29, 0.717) is 0 Å². The van der Waals surface area contributed by atoms with Gasteiger partial charge in [-0.15, -0.1) is 0 Å². The van der Waals surface area contributed by atoms with Gasteiger partial charge in [0.15, 0.2) is 0 Å². The Morgan fingerprint density at radius 1 is 0.571 bits per heavy atom. The molecule has 7 heavy (non-hydrogen) atoms. The van der Waals surface area contributed by atoms with E-state index in [2.05, 4.69) is 6.60 Å². The Balaban J connectivity index is -0.000000000500. The average molecular weight is 209 g/mol. The van der Waals surface area contributed by atoms with Gasteiger partial charge in [0.05, 0.1) is 0 Å². The molecule has 0 spiro atoms. The summed E-state index contributed by atoms with van der Waals surface area (Å²) in [7, 11) is 0. The van der Waals surface area contributed by atoms with Gasteiger partial charge >= 0.3 is 52.0 Å². The summed E-state index contributed by atoms with van der Waals surface area (Å²) in [6, 6.07) is 0. The standard InChI is InChI=1S/BrH.K.5H2O/h1H;;5*1H2/q;+1;;;;;/p-1. The molecule has 0 fully saturated rings. The molecule has 5 nitrogen and oxygen atoms in total. The van der Waals surface area contributed by atoms with E-state index in [9.17, 15) is 0 Å². The van der Waals surface area contributed by atoms with Gasteiger partial charge in [0, 0.05) is 0 Å². The summed E-state index contributed by atoms with van der Waals surface area (Å²) >= 11 is 0.875. The third kappa shape index (κ3) is 75.5. The molecule has 0 aromatic rings. The number of hydrogen-bond donors (Lipinski definition) is 0. The summed E-state index contributed by atoms with van der Waals surface area (Å²) in [5, 5.41) is 0. The van der Waals surface area contributed by atoms with Crippen molar-refractivity contribution < 1.29 is 27.4 Å². The fourth-order valence-corrected chi connectivity index (χ4v) is 0. The molecular formula is H10BrKO5. The van der Waals surface area contributed by atoms with Gasteiger partial charge in [-0.2, -0.15) is 0 Å². The van der Waals surface area contributed by atoms with Crippen molar-refractivity contribution in [2.45, 2.75) is 0 Å². The molecule has 0 bridgehead atoms. The molecule has 0 atom stereocenters. The number of halogens is 1. The van der Waals surface area contributed by atoms with Crippen molar-refractivity contribution in [2.75, 3.05) is 0 Å². The molecule has 0 heterocycles. The minimum absolute atomic E-state index is 0. The Bertz CT molecular complexity index is 8.04. The molecule has 7 heteroatoms. The molecular weight excluding hydrogens is 199 g/mol. The van der Waals surface area contributed by atoms with E-state index < -0.39 is 0 Å². The topological polar surface area (TPSA) is 158 Å². The van der Waals surface area contributed by atoms with E-state index in [1.165, 1.54) is 0 Å². The Morgan fingerprint density at radius 2 is 0.571 bits per heavy atom. The second-order valence-corrected chi connectivity index (χ2v) is 0. The van der Waals surface area contributed by atoms with Crippen molar-refractivity contribution in [1.29, 1.82) is 0 Å². The van der Waals surface area contributed by atoms with Crippen LogP contribution < -0.4 is 0 Å². The summed E-state index contributed by atoms with van der Waals surface area (Å²) in [4.78, 5) is 0. The normalized spacial score (nSPS) is 1.00. The van der Waals surface area contributed by atoms with E-state index in [0.717, 1.165) is 45.4 Å². The monoisotopic (exact) mass is 208 g/mol. The zero-order valence-electron chi connectivity index (χ0n) is 3.88. The molecule has 48 valence electrons. The summed E-state index contributed by atoms with van der Waals surface area (Å²) in [5.74, 6) is 0. The van der Waals surface area contributed by atoms with Crippen molar-refractivity contribution >= 4 is 52.0 Å². The summed E-state index contributed by atoms with van der Waals surface area (Å²) in [6.07, 6.45) is 0. The third-order valence-corrected chi connectivity index (χ3v) is 0. The van der Waals surface area contributed by atoms with Crippen LogP contribution in [-0.4, -0.2) is 72.8 Å². The fraction of sp³-hybridized carbons (Fsp3) is 0. The zero-order chi connectivity index (χ0) is 2.00. The first-order valence-electron chi connectivity index (χ1n) is 0.378. The molecule has 0 aliphatic carbocycles. The molecule has 0 aromatic carbocycles. The molecule has 0 unspecified atom stereocenters. The van der Waals surface area contributed by atoms with Crippen LogP contribution in [0.25, 0.3) is 0 Å². The van der Waals surface area contributed by atoms with Gasteiger partial charge in [0.1, 0.15) is 0 Å². The molecule has 0 saturated carbocycles. The summed E-state index contributed by atoms with van der Waals surface area (Å²) < 4.78 is 0. The van der Waals surface area contributed by atoms with Gasteiger partial charge in [-0.3, -0.25) is 0 Å². The van der Waals surface area contributed by atoms with Gasteiger partial charge in [-0.1, -0.05) is 0 Å². The first kappa shape index (κ1) is 65.7. The summed E-state index contributed by atoms with van der Waals surface area (Å²) in [5.41, 5.74) is 0. The molecule has 0 saturated heterocycles. The zero-order valence-corrected chi connectivity index (χ0v) is 8.59. The van der Waals surface area contributed by atoms with E-state index in [-0.39, 0.29) is 27.4 Å². The van der Waals surface area contributed by atoms with Gasteiger partial charge in [0.25, 0.3) is 0 Å². The molecule has 10 N–H and O–H groups in total. The van der Waals surface area contributed by atoms with E-state index in [1.807, 2.05) is 0 Å². The van der Waals surface area contributed by atoms with Gasteiger partial charge in [0.2, 0.25) is 0 Å². The van der Waals surface area contributed by atoms with Crippen molar-refractivity contribution in [2.24, 2.45) is 0 Å². The Labute approximate surface area is 77.9 Å². The first-order chi connectivity index (χ1) is 1.00. The van der Waals surface area contributed by atoms with Crippen LogP contribution in [0, 0.1) is 0 Å². The number of hydrogen-bond acceptors (Lipinski definition) is 0. The second-order valence-electron chi connectivity index (χ2n) is 0. The molecule has 0 rings (SSSR count). The second kappa shape index (κ2) is 103. The number of rotatable bonds is 0. The van der Waals surface area contributed by atoms with Crippen molar-refractivity contribution in [3.05, 3.63) is 0 Å². The fourth-order valence-electron chi connectivity index (χ4n) is 0.